The second-order valence-corrected chi connectivity index (χ2v) is 7.95. The minimum Gasteiger partial charge on any atom is -0.212 e. The van der Waals surface area contributed by atoms with Crippen LogP contribution < -0.4 is 0 Å². The van der Waals surface area contributed by atoms with E-state index in [2.05, 4.69) is 0 Å². The van der Waals surface area contributed by atoms with E-state index >= 15 is 0 Å². The first-order chi connectivity index (χ1) is 12.1. The third-order valence-electron chi connectivity index (χ3n) is 3.99. The fraction of sp³-hybridized carbons (Fsp3) is 0.143. The lowest BCUT2D eigenvalue weighted by molar-refractivity contribution is 0.400. The van der Waals surface area contributed by atoms with E-state index < -0.39 is 10.0 Å². The zero-order chi connectivity index (χ0) is 17.5. The van der Waals surface area contributed by atoms with Gasteiger partial charge in [-0.3, -0.25) is 0 Å². The number of nitrogens with zero attached hydrogens (tertiary/aromatic N) is 1. The minimum absolute atomic E-state index is 0.00745. The second kappa shape index (κ2) is 8.10. The van der Waals surface area contributed by atoms with E-state index in [4.69, 9.17) is 0 Å². The molecule has 0 spiro atoms. The van der Waals surface area contributed by atoms with Gasteiger partial charge in [0, 0.05) is 13.1 Å². The van der Waals surface area contributed by atoms with Crippen LogP contribution >= 0.6 is 0 Å². The van der Waals surface area contributed by atoms with E-state index in [0.29, 0.717) is 13.1 Å². The molecule has 4 heteroatoms. The zero-order valence-corrected chi connectivity index (χ0v) is 14.8. The molecule has 0 atom stereocenters. The molecule has 3 rings (SSSR count). The molecule has 0 heterocycles. The normalized spacial score (nSPS) is 11.6. The van der Waals surface area contributed by atoms with E-state index in [1.54, 1.807) is 4.31 Å². The highest BCUT2D eigenvalue weighted by molar-refractivity contribution is 7.88. The van der Waals surface area contributed by atoms with Crippen molar-refractivity contribution in [3.8, 4) is 0 Å². The molecule has 0 aliphatic heterocycles. The van der Waals surface area contributed by atoms with Crippen LogP contribution in [0.3, 0.4) is 0 Å². The fourth-order valence-electron chi connectivity index (χ4n) is 2.70. The van der Waals surface area contributed by atoms with E-state index in [0.717, 1.165) is 16.7 Å². The third-order valence-corrected chi connectivity index (χ3v) is 5.73. The van der Waals surface area contributed by atoms with Gasteiger partial charge in [0.1, 0.15) is 0 Å². The molecule has 128 valence electrons. The molecule has 0 aromatic heterocycles. The lowest BCUT2D eigenvalue weighted by Gasteiger charge is -2.22. The van der Waals surface area contributed by atoms with Gasteiger partial charge in [-0.15, -0.1) is 0 Å². The van der Waals surface area contributed by atoms with Gasteiger partial charge in [-0.25, -0.2) is 8.42 Å². The Labute approximate surface area is 149 Å². The topological polar surface area (TPSA) is 37.4 Å². The first-order valence-electron chi connectivity index (χ1n) is 8.23. The van der Waals surface area contributed by atoms with E-state index in [1.165, 1.54) is 0 Å². The van der Waals surface area contributed by atoms with Crippen LogP contribution in [-0.4, -0.2) is 12.7 Å². The molecule has 0 saturated carbocycles. The van der Waals surface area contributed by atoms with E-state index in [1.807, 2.05) is 91.0 Å². The molecule has 25 heavy (non-hydrogen) atoms. The largest absolute Gasteiger partial charge is 0.218 e. The zero-order valence-electron chi connectivity index (χ0n) is 14.0. The molecule has 0 N–H and O–H groups in total. The summed E-state index contributed by atoms with van der Waals surface area (Å²) in [4.78, 5) is 0. The highest BCUT2D eigenvalue weighted by Gasteiger charge is 2.23. The van der Waals surface area contributed by atoms with Crippen LogP contribution in [0.2, 0.25) is 0 Å². The summed E-state index contributed by atoms with van der Waals surface area (Å²) in [6.07, 6.45) is 0. The third kappa shape index (κ3) is 5.02. The van der Waals surface area contributed by atoms with Crippen molar-refractivity contribution < 1.29 is 8.42 Å². The molecule has 3 aromatic rings. The number of hydrogen-bond donors (Lipinski definition) is 0. The highest BCUT2D eigenvalue weighted by Crippen LogP contribution is 2.18. The maximum atomic E-state index is 13.0. The predicted molar refractivity (Wildman–Crippen MR) is 101 cm³/mol. The van der Waals surface area contributed by atoms with Gasteiger partial charge in [-0.1, -0.05) is 91.0 Å². The minimum atomic E-state index is -3.44. The summed E-state index contributed by atoms with van der Waals surface area (Å²) in [6.45, 7) is 0.732. The molecule has 0 unspecified atom stereocenters. The molecular weight excluding hydrogens is 330 g/mol. The molecule has 0 fully saturated rings. The van der Waals surface area contributed by atoms with Crippen molar-refractivity contribution in [3.63, 3.8) is 0 Å². The second-order valence-electron chi connectivity index (χ2n) is 5.98. The van der Waals surface area contributed by atoms with Gasteiger partial charge in [-0.2, -0.15) is 4.31 Å². The van der Waals surface area contributed by atoms with Gasteiger partial charge in [0.15, 0.2) is 0 Å². The van der Waals surface area contributed by atoms with Crippen LogP contribution in [0.1, 0.15) is 16.7 Å². The Balaban J connectivity index is 1.86. The van der Waals surface area contributed by atoms with Crippen molar-refractivity contribution in [1.29, 1.82) is 0 Å². The Hall–Kier alpha value is -2.43. The van der Waals surface area contributed by atoms with Gasteiger partial charge in [0.05, 0.1) is 5.75 Å². The quantitative estimate of drug-likeness (QED) is 0.639. The lowest BCUT2D eigenvalue weighted by atomic mass is 10.2. The summed E-state index contributed by atoms with van der Waals surface area (Å²) in [5.74, 6) is 0.00745. The van der Waals surface area contributed by atoms with Crippen LogP contribution in [0.15, 0.2) is 91.0 Å². The van der Waals surface area contributed by atoms with E-state index in [9.17, 15) is 8.42 Å². The van der Waals surface area contributed by atoms with Crippen molar-refractivity contribution in [1.82, 2.24) is 4.31 Å². The van der Waals surface area contributed by atoms with Gasteiger partial charge in [0.25, 0.3) is 0 Å². The standard InChI is InChI=1S/C21H21NO2S/c23-25(24,18-21-14-8-3-9-15-21)22(16-19-10-4-1-5-11-19)17-20-12-6-2-7-13-20/h1-15H,16-18H2. The maximum absolute atomic E-state index is 13.0. The Morgan fingerprint density at radius 2 is 0.920 bits per heavy atom. The van der Waals surface area contributed by atoms with Gasteiger partial charge in [0.2, 0.25) is 10.0 Å². The summed E-state index contributed by atoms with van der Waals surface area (Å²) < 4.78 is 27.6. The van der Waals surface area contributed by atoms with Crippen molar-refractivity contribution in [3.05, 3.63) is 108 Å². The van der Waals surface area contributed by atoms with Crippen LogP contribution in [0, 0.1) is 0 Å². The molecule has 0 aliphatic rings. The molecule has 0 aliphatic carbocycles. The summed E-state index contributed by atoms with van der Waals surface area (Å²) in [5, 5.41) is 0. The van der Waals surface area contributed by atoms with Gasteiger partial charge < -0.3 is 0 Å². The fourth-order valence-corrected chi connectivity index (χ4v) is 4.19. The monoisotopic (exact) mass is 351 g/mol. The SMILES string of the molecule is O=S(=O)(Cc1ccccc1)N(Cc1ccccc1)Cc1ccccc1. The van der Waals surface area contributed by atoms with Gasteiger partial charge >= 0.3 is 0 Å². The molecule has 3 aromatic carbocycles. The number of rotatable bonds is 7. The van der Waals surface area contributed by atoms with Crippen molar-refractivity contribution >= 4 is 10.0 Å². The Morgan fingerprint density at radius 1 is 0.560 bits per heavy atom. The average molecular weight is 351 g/mol. The Bertz CT molecular complexity index is 837. The first kappa shape index (κ1) is 17.4. The summed E-state index contributed by atoms with van der Waals surface area (Å²) in [6, 6.07) is 28.7. The van der Waals surface area contributed by atoms with Crippen molar-refractivity contribution in [2.75, 3.05) is 0 Å². The first-order valence-corrected chi connectivity index (χ1v) is 9.84. The average Bonchev–Trinajstić information content (AvgIpc) is 2.63. The van der Waals surface area contributed by atoms with Crippen molar-refractivity contribution in [2.45, 2.75) is 18.8 Å². The van der Waals surface area contributed by atoms with Crippen LogP contribution in [0.25, 0.3) is 0 Å². The number of sulfonamides is 1. The smallest absolute Gasteiger partial charge is 0.212 e. The molecular formula is C21H21NO2S. The number of hydrogen-bond acceptors (Lipinski definition) is 2. The van der Waals surface area contributed by atoms with E-state index in [-0.39, 0.29) is 5.75 Å². The lowest BCUT2D eigenvalue weighted by Crippen LogP contribution is -2.31. The van der Waals surface area contributed by atoms with Crippen LogP contribution in [0.5, 0.6) is 0 Å². The molecule has 3 nitrogen and oxygen atoms in total. The number of benzene rings is 3. The van der Waals surface area contributed by atoms with Crippen LogP contribution in [0.4, 0.5) is 0 Å². The van der Waals surface area contributed by atoms with Crippen LogP contribution in [-0.2, 0) is 28.9 Å². The molecule has 0 bridgehead atoms. The summed E-state index contributed by atoms with van der Waals surface area (Å²) >= 11 is 0. The molecule has 0 amide bonds. The van der Waals surface area contributed by atoms with Crippen molar-refractivity contribution in [2.24, 2.45) is 0 Å². The van der Waals surface area contributed by atoms with Gasteiger partial charge in [-0.05, 0) is 16.7 Å². The maximum Gasteiger partial charge on any atom is 0.218 e. The molecule has 0 saturated heterocycles. The summed E-state index contributed by atoms with van der Waals surface area (Å²) in [7, 11) is -3.44. The molecule has 0 radical (unpaired) electrons. The summed E-state index contributed by atoms with van der Waals surface area (Å²) in [5.41, 5.74) is 2.76. The Kier molecular flexibility index (Phi) is 5.64. The Morgan fingerprint density at radius 3 is 1.32 bits per heavy atom. The highest BCUT2D eigenvalue weighted by atomic mass is 32.2. The predicted octanol–water partition coefficient (Wildman–Crippen LogP) is 4.22.